The Bertz CT molecular complexity index is 242. The van der Waals surface area contributed by atoms with Crippen LogP contribution in [0.5, 0.6) is 0 Å². The molecular weight excluding hydrogens is 204 g/mol. The van der Waals surface area contributed by atoms with Crippen LogP contribution >= 0.6 is 11.3 Å². The summed E-state index contributed by atoms with van der Waals surface area (Å²) < 4.78 is 0. The fourth-order valence-electron chi connectivity index (χ4n) is 1.70. The molecule has 3 N–H and O–H groups in total. The summed E-state index contributed by atoms with van der Waals surface area (Å²) in [6.45, 7) is 6.25. The summed E-state index contributed by atoms with van der Waals surface area (Å²) in [5, 5.41) is 7.84. The molecule has 3 heteroatoms. The third kappa shape index (κ3) is 3.93. The third-order valence-electron chi connectivity index (χ3n) is 2.99. The zero-order chi connectivity index (χ0) is 11.1. The van der Waals surface area contributed by atoms with Crippen molar-refractivity contribution >= 4 is 11.3 Å². The Balaban J connectivity index is 2.41. The normalized spacial score (nSPS) is 13.3. The molecule has 0 aliphatic carbocycles. The first kappa shape index (κ1) is 12.7. The lowest BCUT2D eigenvalue weighted by Crippen LogP contribution is -2.31. The minimum Gasteiger partial charge on any atom is -0.329 e. The summed E-state index contributed by atoms with van der Waals surface area (Å²) in [5.41, 5.74) is 7.10. The van der Waals surface area contributed by atoms with Crippen LogP contribution < -0.4 is 11.1 Å². The highest BCUT2D eigenvalue weighted by Crippen LogP contribution is 2.16. The number of rotatable bonds is 7. The van der Waals surface area contributed by atoms with Crippen molar-refractivity contribution in [3.8, 4) is 0 Å². The Morgan fingerprint density at radius 1 is 1.40 bits per heavy atom. The molecule has 0 amide bonds. The Morgan fingerprint density at radius 2 is 2.13 bits per heavy atom. The molecule has 0 aromatic carbocycles. The molecule has 2 nitrogen and oxygen atoms in total. The van der Waals surface area contributed by atoms with E-state index >= 15 is 0 Å². The summed E-state index contributed by atoms with van der Waals surface area (Å²) in [7, 11) is 0. The summed E-state index contributed by atoms with van der Waals surface area (Å²) in [4.78, 5) is 0. The first-order valence-corrected chi connectivity index (χ1v) is 6.71. The number of hydrogen-bond donors (Lipinski definition) is 2. The number of hydrogen-bond acceptors (Lipinski definition) is 3. The standard InChI is InChI=1S/C12H22N2S/c1-3-10(4-2)8-14-12(7-13)11-5-6-15-9-11/h5-6,9-10,12,14H,3-4,7-8,13H2,1-2H3. The fraction of sp³-hybridized carbons (Fsp3) is 0.667. The fourth-order valence-corrected chi connectivity index (χ4v) is 2.41. The van der Waals surface area contributed by atoms with Crippen LogP contribution in [-0.4, -0.2) is 13.1 Å². The van der Waals surface area contributed by atoms with Gasteiger partial charge in [-0.2, -0.15) is 11.3 Å². The van der Waals surface area contributed by atoms with Crippen molar-refractivity contribution in [3.63, 3.8) is 0 Å². The van der Waals surface area contributed by atoms with E-state index in [0.717, 1.165) is 12.5 Å². The molecule has 86 valence electrons. The molecule has 1 aromatic heterocycles. The quantitative estimate of drug-likeness (QED) is 0.750. The second-order valence-electron chi connectivity index (χ2n) is 3.94. The van der Waals surface area contributed by atoms with Gasteiger partial charge >= 0.3 is 0 Å². The predicted octanol–water partition coefficient (Wildman–Crippen LogP) is 2.77. The van der Waals surface area contributed by atoms with Crippen LogP contribution in [0.25, 0.3) is 0 Å². The van der Waals surface area contributed by atoms with Gasteiger partial charge in [0.2, 0.25) is 0 Å². The van der Waals surface area contributed by atoms with E-state index < -0.39 is 0 Å². The lowest BCUT2D eigenvalue weighted by atomic mass is 10.0. The average molecular weight is 226 g/mol. The maximum atomic E-state index is 5.78. The summed E-state index contributed by atoms with van der Waals surface area (Å²) in [6.07, 6.45) is 2.48. The van der Waals surface area contributed by atoms with E-state index in [1.165, 1.54) is 18.4 Å². The SMILES string of the molecule is CCC(CC)CNC(CN)c1ccsc1. The number of nitrogens with one attached hydrogen (secondary N) is 1. The second kappa shape index (κ2) is 6.99. The van der Waals surface area contributed by atoms with Gasteiger partial charge in [-0.1, -0.05) is 26.7 Å². The predicted molar refractivity (Wildman–Crippen MR) is 68.2 cm³/mol. The van der Waals surface area contributed by atoms with Gasteiger partial charge in [-0.15, -0.1) is 0 Å². The van der Waals surface area contributed by atoms with Crippen molar-refractivity contribution in [1.82, 2.24) is 5.32 Å². The Hall–Kier alpha value is -0.380. The molecule has 1 aromatic rings. The molecule has 0 bridgehead atoms. The zero-order valence-electron chi connectivity index (χ0n) is 9.70. The average Bonchev–Trinajstić information content (AvgIpc) is 2.78. The van der Waals surface area contributed by atoms with Crippen molar-refractivity contribution in [2.45, 2.75) is 32.7 Å². The number of thiophene rings is 1. The Labute approximate surface area is 96.9 Å². The largest absolute Gasteiger partial charge is 0.329 e. The van der Waals surface area contributed by atoms with Gasteiger partial charge in [0.05, 0.1) is 0 Å². The van der Waals surface area contributed by atoms with Crippen molar-refractivity contribution in [2.75, 3.05) is 13.1 Å². The maximum Gasteiger partial charge on any atom is 0.0452 e. The number of nitrogens with two attached hydrogens (primary N) is 1. The van der Waals surface area contributed by atoms with Crippen LogP contribution in [0.1, 0.15) is 38.3 Å². The Morgan fingerprint density at radius 3 is 2.60 bits per heavy atom. The molecule has 0 spiro atoms. The van der Waals surface area contributed by atoms with E-state index in [2.05, 4.69) is 36.0 Å². The lowest BCUT2D eigenvalue weighted by molar-refractivity contribution is 0.414. The van der Waals surface area contributed by atoms with Crippen molar-refractivity contribution in [1.29, 1.82) is 0 Å². The van der Waals surface area contributed by atoms with Gasteiger partial charge in [0.1, 0.15) is 0 Å². The molecule has 0 fully saturated rings. The van der Waals surface area contributed by atoms with E-state index in [4.69, 9.17) is 5.73 Å². The van der Waals surface area contributed by atoms with Gasteiger partial charge in [-0.05, 0) is 34.9 Å². The highest BCUT2D eigenvalue weighted by molar-refractivity contribution is 7.07. The van der Waals surface area contributed by atoms with Crippen LogP contribution in [0, 0.1) is 5.92 Å². The minimum atomic E-state index is 0.330. The van der Waals surface area contributed by atoms with Crippen molar-refractivity contribution < 1.29 is 0 Å². The molecule has 1 atom stereocenters. The van der Waals surface area contributed by atoms with E-state index in [1.54, 1.807) is 11.3 Å². The molecule has 0 saturated carbocycles. The summed E-state index contributed by atoms with van der Waals surface area (Å²) in [5.74, 6) is 0.776. The lowest BCUT2D eigenvalue weighted by Gasteiger charge is -2.19. The molecular formula is C12H22N2S. The van der Waals surface area contributed by atoms with Crippen LogP contribution in [0.2, 0.25) is 0 Å². The molecule has 1 unspecified atom stereocenters. The molecule has 0 aliphatic heterocycles. The van der Waals surface area contributed by atoms with Gasteiger partial charge in [-0.25, -0.2) is 0 Å². The van der Waals surface area contributed by atoms with E-state index in [1.807, 2.05) is 0 Å². The van der Waals surface area contributed by atoms with Crippen LogP contribution in [0.4, 0.5) is 0 Å². The minimum absolute atomic E-state index is 0.330. The first-order chi connectivity index (χ1) is 7.31. The molecule has 0 aliphatic rings. The highest BCUT2D eigenvalue weighted by atomic mass is 32.1. The first-order valence-electron chi connectivity index (χ1n) is 5.77. The van der Waals surface area contributed by atoms with Gasteiger partial charge in [0, 0.05) is 12.6 Å². The Kier molecular flexibility index (Phi) is 5.91. The monoisotopic (exact) mass is 226 g/mol. The maximum absolute atomic E-state index is 5.78. The highest BCUT2D eigenvalue weighted by Gasteiger charge is 2.11. The van der Waals surface area contributed by atoms with Gasteiger partial charge in [-0.3, -0.25) is 0 Å². The van der Waals surface area contributed by atoms with Gasteiger partial charge in [0.15, 0.2) is 0 Å². The van der Waals surface area contributed by atoms with Crippen LogP contribution in [-0.2, 0) is 0 Å². The van der Waals surface area contributed by atoms with Crippen molar-refractivity contribution in [3.05, 3.63) is 22.4 Å². The van der Waals surface area contributed by atoms with E-state index in [9.17, 15) is 0 Å². The summed E-state index contributed by atoms with van der Waals surface area (Å²) >= 11 is 1.73. The molecule has 15 heavy (non-hydrogen) atoms. The molecule has 0 saturated heterocycles. The van der Waals surface area contributed by atoms with Gasteiger partial charge < -0.3 is 11.1 Å². The van der Waals surface area contributed by atoms with Crippen LogP contribution in [0.3, 0.4) is 0 Å². The van der Waals surface area contributed by atoms with E-state index in [-0.39, 0.29) is 0 Å². The summed E-state index contributed by atoms with van der Waals surface area (Å²) in [6, 6.07) is 2.49. The zero-order valence-corrected chi connectivity index (χ0v) is 10.5. The van der Waals surface area contributed by atoms with Crippen LogP contribution in [0.15, 0.2) is 16.8 Å². The molecule has 1 rings (SSSR count). The smallest absolute Gasteiger partial charge is 0.0452 e. The second-order valence-corrected chi connectivity index (χ2v) is 4.72. The van der Waals surface area contributed by atoms with E-state index in [0.29, 0.717) is 12.6 Å². The van der Waals surface area contributed by atoms with Gasteiger partial charge in [0.25, 0.3) is 0 Å². The topological polar surface area (TPSA) is 38.0 Å². The third-order valence-corrected chi connectivity index (χ3v) is 3.69. The van der Waals surface area contributed by atoms with Crippen molar-refractivity contribution in [2.24, 2.45) is 11.7 Å². The molecule has 0 radical (unpaired) electrons. The molecule has 1 heterocycles.